The van der Waals surface area contributed by atoms with E-state index in [9.17, 15) is 13.2 Å². The quantitative estimate of drug-likeness (QED) is 0.564. The number of nitrogens with one attached hydrogen (secondary N) is 1. The molecule has 6 nitrogen and oxygen atoms in total. The number of ether oxygens (including phenoxy) is 1. The molecule has 0 fully saturated rings. The fourth-order valence-electron chi connectivity index (χ4n) is 3.79. The monoisotopic (exact) mass is 446 g/mol. The van der Waals surface area contributed by atoms with Crippen molar-refractivity contribution in [2.75, 3.05) is 24.2 Å². The number of methoxy groups -OCH3 is 1. The summed E-state index contributed by atoms with van der Waals surface area (Å²) in [7, 11) is -1.89. The maximum absolute atomic E-state index is 12.4. The molecule has 31 heavy (non-hydrogen) atoms. The second kappa shape index (κ2) is 10.7. The van der Waals surface area contributed by atoms with Gasteiger partial charge in [0.1, 0.15) is 5.75 Å². The highest BCUT2D eigenvalue weighted by atomic mass is 32.2. The van der Waals surface area contributed by atoms with Crippen LogP contribution in [0.5, 0.6) is 5.75 Å². The summed E-state index contributed by atoms with van der Waals surface area (Å²) >= 11 is 0. The first kappa shape index (κ1) is 24.7. The van der Waals surface area contributed by atoms with Gasteiger partial charge in [0.2, 0.25) is 15.9 Å². The highest BCUT2D eigenvalue weighted by Crippen LogP contribution is 2.28. The number of nitrogens with zero attached hydrogens (tertiary/aromatic N) is 1. The van der Waals surface area contributed by atoms with E-state index in [1.54, 1.807) is 31.4 Å². The predicted molar refractivity (Wildman–Crippen MR) is 126 cm³/mol. The molecule has 0 aliphatic carbocycles. The zero-order valence-electron chi connectivity index (χ0n) is 19.1. The van der Waals surface area contributed by atoms with Gasteiger partial charge in [-0.1, -0.05) is 44.2 Å². The molecule has 2 aromatic carbocycles. The lowest BCUT2D eigenvalue weighted by Crippen LogP contribution is -2.38. The summed E-state index contributed by atoms with van der Waals surface area (Å²) in [6, 6.07) is 17.1. The molecular weight excluding hydrogens is 412 g/mol. The second-order valence-electron chi connectivity index (χ2n) is 8.56. The van der Waals surface area contributed by atoms with Gasteiger partial charge in [0.25, 0.3) is 0 Å². The van der Waals surface area contributed by atoms with Crippen LogP contribution in [0.25, 0.3) is 0 Å². The van der Waals surface area contributed by atoms with Crippen molar-refractivity contribution in [3.05, 3.63) is 60.2 Å². The van der Waals surface area contributed by atoms with E-state index in [-0.39, 0.29) is 30.3 Å². The Morgan fingerprint density at radius 2 is 1.71 bits per heavy atom. The first-order valence-electron chi connectivity index (χ1n) is 10.5. The zero-order valence-corrected chi connectivity index (χ0v) is 19.9. The number of anilines is 1. The number of amides is 1. The van der Waals surface area contributed by atoms with Crippen LogP contribution in [0.1, 0.15) is 45.6 Å². The van der Waals surface area contributed by atoms with Crippen LogP contribution in [-0.2, 0) is 20.2 Å². The molecule has 0 saturated heterocycles. The standard InChI is InChI=1S/C24H34N2O4S/c1-19(18-24(2,3)20-10-7-6-8-11-20)25-23(27)12-9-17-26(31(5,28)29)21-13-15-22(30-4)16-14-21/h6-8,10-11,13-16,19H,9,12,17-18H2,1-5H3,(H,25,27)/t19-/m0/s1. The van der Waals surface area contributed by atoms with Gasteiger partial charge in [-0.25, -0.2) is 8.42 Å². The highest BCUT2D eigenvalue weighted by Gasteiger charge is 2.24. The number of hydrogen-bond acceptors (Lipinski definition) is 4. The SMILES string of the molecule is COc1ccc(N(CCCC(=O)N[C@@H](C)CC(C)(C)c2ccccc2)S(C)(=O)=O)cc1. The Balaban J connectivity index is 1.88. The van der Waals surface area contributed by atoms with Crippen LogP contribution in [0, 0.1) is 0 Å². The average Bonchev–Trinajstić information content (AvgIpc) is 2.70. The lowest BCUT2D eigenvalue weighted by atomic mass is 9.79. The van der Waals surface area contributed by atoms with Crippen LogP contribution < -0.4 is 14.4 Å². The minimum Gasteiger partial charge on any atom is -0.497 e. The largest absolute Gasteiger partial charge is 0.497 e. The van der Waals surface area contributed by atoms with Gasteiger partial charge in [-0.2, -0.15) is 0 Å². The number of benzene rings is 2. The van der Waals surface area contributed by atoms with Crippen LogP contribution >= 0.6 is 0 Å². The van der Waals surface area contributed by atoms with Gasteiger partial charge in [0.15, 0.2) is 0 Å². The van der Waals surface area contributed by atoms with E-state index in [1.165, 1.54) is 16.1 Å². The number of hydrogen-bond donors (Lipinski definition) is 1. The molecule has 1 amide bonds. The summed E-state index contributed by atoms with van der Waals surface area (Å²) in [4.78, 5) is 12.4. The van der Waals surface area contributed by atoms with E-state index >= 15 is 0 Å². The van der Waals surface area contributed by atoms with Crippen LogP contribution in [0.2, 0.25) is 0 Å². The number of carbonyl (C=O) groups is 1. The molecule has 2 aromatic rings. The molecule has 0 unspecified atom stereocenters. The summed E-state index contributed by atoms with van der Waals surface area (Å²) in [5.41, 5.74) is 1.73. The van der Waals surface area contributed by atoms with Crippen molar-refractivity contribution >= 4 is 21.6 Å². The first-order valence-corrected chi connectivity index (χ1v) is 12.3. The summed E-state index contributed by atoms with van der Waals surface area (Å²) < 4.78 is 30.9. The lowest BCUT2D eigenvalue weighted by Gasteiger charge is -2.29. The molecule has 0 heterocycles. The molecule has 0 radical (unpaired) electrons. The highest BCUT2D eigenvalue weighted by molar-refractivity contribution is 7.92. The van der Waals surface area contributed by atoms with Crippen molar-refractivity contribution in [1.82, 2.24) is 5.32 Å². The summed E-state index contributed by atoms with van der Waals surface area (Å²) in [6.07, 6.45) is 2.67. The maximum atomic E-state index is 12.4. The second-order valence-corrected chi connectivity index (χ2v) is 10.5. The molecule has 7 heteroatoms. The zero-order chi connectivity index (χ0) is 23.1. The third-order valence-electron chi connectivity index (χ3n) is 5.30. The molecule has 0 aromatic heterocycles. The molecule has 170 valence electrons. The van der Waals surface area contributed by atoms with E-state index in [0.717, 1.165) is 6.42 Å². The van der Waals surface area contributed by atoms with Gasteiger partial charge in [-0.3, -0.25) is 9.10 Å². The van der Waals surface area contributed by atoms with Crippen LogP contribution in [-0.4, -0.2) is 40.3 Å². The van der Waals surface area contributed by atoms with Crippen LogP contribution in [0.3, 0.4) is 0 Å². The fraction of sp³-hybridized carbons (Fsp3) is 0.458. The summed E-state index contributed by atoms with van der Waals surface area (Å²) in [5.74, 6) is 0.587. The van der Waals surface area contributed by atoms with E-state index in [2.05, 4.69) is 31.3 Å². The Labute approximate surface area is 186 Å². The van der Waals surface area contributed by atoms with Crippen molar-refractivity contribution in [1.29, 1.82) is 0 Å². The van der Waals surface area contributed by atoms with Crippen molar-refractivity contribution in [3.63, 3.8) is 0 Å². The fourth-order valence-corrected chi connectivity index (χ4v) is 4.75. The first-order chi connectivity index (χ1) is 14.5. The normalized spacial score (nSPS) is 12.8. The van der Waals surface area contributed by atoms with Gasteiger partial charge in [-0.15, -0.1) is 0 Å². The van der Waals surface area contributed by atoms with E-state index in [1.807, 2.05) is 25.1 Å². The molecule has 2 rings (SSSR count). The lowest BCUT2D eigenvalue weighted by molar-refractivity contribution is -0.121. The molecular formula is C24H34N2O4S. The van der Waals surface area contributed by atoms with Crippen LogP contribution in [0.4, 0.5) is 5.69 Å². The molecule has 0 aliphatic heterocycles. The van der Waals surface area contributed by atoms with Crippen molar-refractivity contribution in [2.24, 2.45) is 0 Å². The molecule has 0 bridgehead atoms. The predicted octanol–water partition coefficient (Wildman–Crippen LogP) is 4.11. The van der Waals surface area contributed by atoms with E-state index in [4.69, 9.17) is 4.74 Å². The third kappa shape index (κ3) is 7.58. The summed E-state index contributed by atoms with van der Waals surface area (Å²) in [5, 5.41) is 3.05. The molecule has 0 aliphatic rings. The number of rotatable bonds is 11. The Kier molecular flexibility index (Phi) is 8.51. The van der Waals surface area contributed by atoms with Crippen molar-refractivity contribution < 1.29 is 17.9 Å². The van der Waals surface area contributed by atoms with Gasteiger partial charge < -0.3 is 10.1 Å². The maximum Gasteiger partial charge on any atom is 0.232 e. The average molecular weight is 447 g/mol. The third-order valence-corrected chi connectivity index (χ3v) is 6.50. The Bertz CT molecular complexity index is 941. The van der Waals surface area contributed by atoms with Crippen molar-refractivity contribution in [3.8, 4) is 5.75 Å². The van der Waals surface area contributed by atoms with Gasteiger partial charge in [-0.05, 0) is 55.0 Å². The minimum atomic E-state index is -3.45. The Hall–Kier alpha value is -2.54. The number of sulfonamides is 1. The smallest absolute Gasteiger partial charge is 0.232 e. The number of carbonyl (C=O) groups excluding carboxylic acids is 1. The Morgan fingerprint density at radius 1 is 1.10 bits per heavy atom. The Morgan fingerprint density at radius 3 is 2.26 bits per heavy atom. The molecule has 0 saturated carbocycles. The molecule has 1 atom stereocenters. The summed E-state index contributed by atoms with van der Waals surface area (Å²) in [6.45, 7) is 6.58. The molecule has 1 N–H and O–H groups in total. The minimum absolute atomic E-state index is 0.00954. The van der Waals surface area contributed by atoms with Gasteiger partial charge >= 0.3 is 0 Å². The van der Waals surface area contributed by atoms with E-state index in [0.29, 0.717) is 17.9 Å². The van der Waals surface area contributed by atoms with Crippen molar-refractivity contribution in [2.45, 2.75) is 51.5 Å². The molecule has 0 spiro atoms. The van der Waals surface area contributed by atoms with Gasteiger partial charge in [0, 0.05) is 19.0 Å². The van der Waals surface area contributed by atoms with E-state index < -0.39 is 10.0 Å². The topological polar surface area (TPSA) is 75.7 Å². The van der Waals surface area contributed by atoms with Gasteiger partial charge in [0.05, 0.1) is 19.1 Å². The van der Waals surface area contributed by atoms with Crippen LogP contribution in [0.15, 0.2) is 54.6 Å².